The standard InChI is InChI=1S/C24H29ClN4O3/c1-6-32-22(15-7-8-15)24-26-23(16-9-11-19(28(2)3)18(25)13-16)27-29(24)17-10-12-20(30-4)21(14-17)31-5/h9-15,22H,6-8H2,1-5H3. The van der Waals surface area contributed by atoms with Crippen LogP contribution in [0.25, 0.3) is 17.1 Å². The van der Waals surface area contributed by atoms with E-state index in [9.17, 15) is 0 Å². The van der Waals surface area contributed by atoms with Gasteiger partial charge in [-0.3, -0.25) is 0 Å². The van der Waals surface area contributed by atoms with Crippen LogP contribution in [0.3, 0.4) is 0 Å². The first kappa shape index (κ1) is 22.4. The number of rotatable bonds is 9. The zero-order chi connectivity index (χ0) is 22.8. The molecule has 0 aliphatic heterocycles. The van der Waals surface area contributed by atoms with Crippen molar-refractivity contribution in [3.8, 4) is 28.6 Å². The van der Waals surface area contributed by atoms with Gasteiger partial charge in [0, 0.05) is 32.3 Å². The van der Waals surface area contributed by atoms with Gasteiger partial charge in [0.25, 0.3) is 0 Å². The van der Waals surface area contributed by atoms with Gasteiger partial charge in [-0.1, -0.05) is 11.6 Å². The van der Waals surface area contributed by atoms with E-state index in [4.69, 9.17) is 35.9 Å². The normalized spacial score (nSPS) is 14.3. The fraction of sp³-hybridized carbons (Fsp3) is 0.417. The van der Waals surface area contributed by atoms with Crippen molar-refractivity contribution < 1.29 is 14.2 Å². The topological polar surface area (TPSA) is 61.6 Å². The largest absolute Gasteiger partial charge is 0.493 e. The molecule has 1 atom stereocenters. The Balaban J connectivity index is 1.83. The first-order valence-corrected chi connectivity index (χ1v) is 11.1. The minimum absolute atomic E-state index is 0.120. The third-order valence-electron chi connectivity index (χ3n) is 5.58. The number of ether oxygens (including phenoxy) is 3. The minimum atomic E-state index is -0.120. The summed E-state index contributed by atoms with van der Waals surface area (Å²) in [5.41, 5.74) is 2.63. The van der Waals surface area contributed by atoms with Crippen molar-refractivity contribution in [3.63, 3.8) is 0 Å². The summed E-state index contributed by atoms with van der Waals surface area (Å²) < 4.78 is 18.9. The third-order valence-corrected chi connectivity index (χ3v) is 5.89. The van der Waals surface area contributed by atoms with E-state index in [0.717, 1.165) is 35.6 Å². The first-order chi connectivity index (χ1) is 15.5. The van der Waals surface area contributed by atoms with Gasteiger partial charge in [0.1, 0.15) is 6.10 Å². The van der Waals surface area contributed by atoms with E-state index in [2.05, 4.69) is 0 Å². The summed E-state index contributed by atoms with van der Waals surface area (Å²) in [6.07, 6.45) is 2.13. The maximum atomic E-state index is 6.52. The predicted octanol–water partition coefficient (Wildman–Crippen LogP) is 5.16. The van der Waals surface area contributed by atoms with Crippen LogP contribution in [0.4, 0.5) is 5.69 Å². The van der Waals surface area contributed by atoms with Gasteiger partial charge in [-0.2, -0.15) is 0 Å². The molecule has 4 rings (SSSR count). The molecule has 1 aliphatic carbocycles. The molecule has 7 nitrogen and oxygen atoms in total. The van der Waals surface area contributed by atoms with E-state index >= 15 is 0 Å². The van der Waals surface area contributed by atoms with Gasteiger partial charge in [-0.15, -0.1) is 5.10 Å². The molecule has 0 N–H and O–H groups in total. The number of hydrogen-bond acceptors (Lipinski definition) is 6. The van der Waals surface area contributed by atoms with Gasteiger partial charge in [0.05, 0.1) is 30.6 Å². The highest BCUT2D eigenvalue weighted by Crippen LogP contribution is 2.44. The Morgan fingerprint density at radius 2 is 1.84 bits per heavy atom. The quantitative estimate of drug-likeness (QED) is 0.443. The monoisotopic (exact) mass is 456 g/mol. The lowest BCUT2D eigenvalue weighted by atomic mass is 10.2. The molecule has 8 heteroatoms. The molecule has 1 aliphatic rings. The Kier molecular flexibility index (Phi) is 6.58. The van der Waals surface area contributed by atoms with Gasteiger partial charge in [-0.25, -0.2) is 9.67 Å². The Morgan fingerprint density at radius 1 is 1.09 bits per heavy atom. The van der Waals surface area contributed by atoms with Crippen molar-refractivity contribution in [1.29, 1.82) is 0 Å². The van der Waals surface area contributed by atoms with Gasteiger partial charge >= 0.3 is 0 Å². The lowest BCUT2D eigenvalue weighted by molar-refractivity contribution is 0.0386. The average molecular weight is 457 g/mol. The molecule has 0 spiro atoms. The molecule has 0 saturated heterocycles. The van der Waals surface area contributed by atoms with Gasteiger partial charge in [0.15, 0.2) is 23.1 Å². The van der Waals surface area contributed by atoms with Crippen molar-refractivity contribution in [2.75, 3.05) is 39.8 Å². The summed E-state index contributed by atoms with van der Waals surface area (Å²) in [6.45, 7) is 2.62. The van der Waals surface area contributed by atoms with E-state index in [0.29, 0.717) is 34.9 Å². The molecule has 2 aromatic carbocycles. The van der Waals surface area contributed by atoms with Crippen LogP contribution < -0.4 is 14.4 Å². The zero-order valence-corrected chi connectivity index (χ0v) is 19.9. The molecule has 1 saturated carbocycles. The van der Waals surface area contributed by atoms with E-state index < -0.39 is 0 Å². The van der Waals surface area contributed by atoms with Crippen LogP contribution in [-0.4, -0.2) is 49.7 Å². The highest BCUT2D eigenvalue weighted by molar-refractivity contribution is 6.33. The number of benzene rings is 2. The second-order valence-corrected chi connectivity index (χ2v) is 8.43. The predicted molar refractivity (Wildman–Crippen MR) is 126 cm³/mol. The molecule has 1 fully saturated rings. The van der Waals surface area contributed by atoms with E-state index in [1.807, 2.05) is 67.0 Å². The Bertz CT molecular complexity index is 1090. The van der Waals surface area contributed by atoms with Gasteiger partial charge in [-0.05, 0) is 56.0 Å². The first-order valence-electron chi connectivity index (χ1n) is 10.7. The fourth-order valence-corrected chi connectivity index (χ4v) is 4.14. The lowest BCUT2D eigenvalue weighted by Gasteiger charge is -2.17. The van der Waals surface area contributed by atoms with Crippen molar-refractivity contribution in [2.45, 2.75) is 25.9 Å². The Hall–Kier alpha value is -2.77. The molecule has 32 heavy (non-hydrogen) atoms. The molecule has 0 amide bonds. The molecule has 170 valence electrons. The Labute approximate surface area is 193 Å². The smallest absolute Gasteiger partial charge is 0.182 e. The van der Waals surface area contributed by atoms with Gasteiger partial charge in [0.2, 0.25) is 0 Å². The van der Waals surface area contributed by atoms with Crippen LogP contribution in [-0.2, 0) is 4.74 Å². The molecular weight excluding hydrogens is 428 g/mol. The average Bonchev–Trinajstić information content (AvgIpc) is 3.54. The Morgan fingerprint density at radius 3 is 2.44 bits per heavy atom. The van der Waals surface area contributed by atoms with Crippen LogP contribution in [0.15, 0.2) is 36.4 Å². The number of anilines is 1. The van der Waals surface area contributed by atoms with Crippen LogP contribution in [0.1, 0.15) is 31.7 Å². The number of methoxy groups -OCH3 is 2. The van der Waals surface area contributed by atoms with E-state index in [-0.39, 0.29) is 6.10 Å². The number of halogens is 1. The number of hydrogen-bond donors (Lipinski definition) is 0. The van der Waals surface area contributed by atoms with Crippen molar-refractivity contribution in [2.24, 2.45) is 5.92 Å². The number of nitrogens with zero attached hydrogens (tertiary/aromatic N) is 4. The summed E-state index contributed by atoms with van der Waals surface area (Å²) in [7, 11) is 7.17. The summed E-state index contributed by atoms with van der Waals surface area (Å²) in [6, 6.07) is 11.6. The molecular formula is C24H29ClN4O3. The molecule has 1 unspecified atom stereocenters. The molecule has 0 radical (unpaired) electrons. The molecule has 1 heterocycles. The number of aromatic nitrogens is 3. The van der Waals surface area contributed by atoms with Gasteiger partial charge < -0.3 is 19.1 Å². The zero-order valence-electron chi connectivity index (χ0n) is 19.1. The van der Waals surface area contributed by atoms with Crippen LogP contribution in [0, 0.1) is 5.92 Å². The summed E-state index contributed by atoms with van der Waals surface area (Å²) >= 11 is 6.52. The maximum absolute atomic E-state index is 6.52. The summed E-state index contributed by atoms with van der Waals surface area (Å²) in [5, 5.41) is 5.52. The summed E-state index contributed by atoms with van der Waals surface area (Å²) in [5.74, 6) is 3.13. The molecule has 3 aromatic rings. The lowest BCUT2D eigenvalue weighted by Crippen LogP contribution is -2.14. The van der Waals surface area contributed by atoms with Crippen LogP contribution in [0.5, 0.6) is 11.5 Å². The van der Waals surface area contributed by atoms with E-state index in [1.54, 1.807) is 14.2 Å². The fourth-order valence-electron chi connectivity index (χ4n) is 3.79. The van der Waals surface area contributed by atoms with Crippen molar-refractivity contribution in [1.82, 2.24) is 14.8 Å². The molecule has 0 bridgehead atoms. The van der Waals surface area contributed by atoms with Crippen molar-refractivity contribution in [3.05, 3.63) is 47.2 Å². The highest BCUT2D eigenvalue weighted by Gasteiger charge is 2.37. The SMILES string of the molecule is CCOC(c1nc(-c2ccc(N(C)C)c(Cl)c2)nn1-c1ccc(OC)c(OC)c1)C1CC1. The summed E-state index contributed by atoms with van der Waals surface area (Å²) in [4.78, 5) is 6.91. The second-order valence-electron chi connectivity index (χ2n) is 8.02. The van der Waals surface area contributed by atoms with Crippen molar-refractivity contribution >= 4 is 17.3 Å². The maximum Gasteiger partial charge on any atom is 0.182 e. The van der Waals surface area contributed by atoms with E-state index in [1.165, 1.54) is 0 Å². The highest BCUT2D eigenvalue weighted by atomic mass is 35.5. The minimum Gasteiger partial charge on any atom is -0.493 e. The van der Waals surface area contributed by atoms with Crippen LogP contribution in [0.2, 0.25) is 5.02 Å². The molecule has 1 aromatic heterocycles. The third kappa shape index (κ3) is 4.40. The second kappa shape index (κ2) is 9.38. The van der Waals surface area contributed by atoms with Crippen LogP contribution >= 0.6 is 11.6 Å².